The van der Waals surface area contributed by atoms with Crippen molar-refractivity contribution in [3.8, 4) is 0 Å². The molecule has 4 heteroatoms. The van der Waals surface area contributed by atoms with Crippen molar-refractivity contribution in [3.63, 3.8) is 0 Å². The molecule has 3 nitrogen and oxygen atoms in total. The fraction of sp³-hybridized carbons (Fsp3) is 0.182. The van der Waals surface area contributed by atoms with Gasteiger partial charge < -0.3 is 10.0 Å². The smallest absolute Gasteiger partial charge is 0.328 e. The lowest BCUT2D eigenvalue weighted by atomic mass is 10.3. The van der Waals surface area contributed by atoms with Gasteiger partial charge in [-0.05, 0) is 24.3 Å². The van der Waals surface area contributed by atoms with Crippen LogP contribution in [-0.4, -0.2) is 24.7 Å². The molecule has 0 bridgehead atoms. The van der Waals surface area contributed by atoms with Gasteiger partial charge in [-0.25, -0.2) is 4.79 Å². The van der Waals surface area contributed by atoms with E-state index in [2.05, 4.69) is 0 Å². The van der Waals surface area contributed by atoms with Crippen LogP contribution in [0.4, 0.5) is 5.69 Å². The minimum atomic E-state index is -0.931. The van der Waals surface area contributed by atoms with Gasteiger partial charge in [0.05, 0.1) is 0 Å². The van der Waals surface area contributed by atoms with E-state index in [0.29, 0.717) is 11.6 Å². The van der Waals surface area contributed by atoms with Gasteiger partial charge in [-0.15, -0.1) is 0 Å². The van der Waals surface area contributed by atoms with Crippen molar-refractivity contribution >= 4 is 23.3 Å². The molecule has 0 fully saturated rings. The Bertz CT molecular complexity index is 359. The van der Waals surface area contributed by atoms with Gasteiger partial charge in [-0.2, -0.15) is 0 Å². The molecule has 1 rings (SSSR count). The standard InChI is InChI=1S/C11H12ClNO2/c1-13(8-2-3-11(14)15)10-6-4-9(12)5-7-10/h2-7H,8H2,1H3,(H,14,15)/b3-2+. The number of carboxylic acid groups (broad SMARTS) is 1. The third-order valence-electron chi connectivity index (χ3n) is 1.91. The van der Waals surface area contributed by atoms with Crippen LogP contribution in [0, 0.1) is 0 Å². The second-order valence-corrected chi connectivity index (χ2v) is 3.53. The lowest BCUT2D eigenvalue weighted by molar-refractivity contribution is -0.131. The lowest BCUT2D eigenvalue weighted by Gasteiger charge is -2.16. The molecule has 1 N–H and O–H groups in total. The van der Waals surface area contributed by atoms with Crippen molar-refractivity contribution in [2.75, 3.05) is 18.5 Å². The normalized spacial score (nSPS) is 10.5. The molecule has 1 aromatic rings. The minimum Gasteiger partial charge on any atom is -0.478 e. The first-order chi connectivity index (χ1) is 7.09. The molecule has 0 atom stereocenters. The van der Waals surface area contributed by atoms with Crippen molar-refractivity contribution < 1.29 is 9.90 Å². The molecule has 80 valence electrons. The van der Waals surface area contributed by atoms with Gasteiger partial charge in [-0.3, -0.25) is 0 Å². The predicted molar refractivity (Wildman–Crippen MR) is 61.5 cm³/mol. The van der Waals surface area contributed by atoms with Crippen LogP contribution >= 0.6 is 11.6 Å². The maximum Gasteiger partial charge on any atom is 0.328 e. The number of hydrogen-bond donors (Lipinski definition) is 1. The van der Waals surface area contributed by atoms with Crippen LogP contribution in [0.5, 0.6) is 0 Å². The molecule has 0 aliphatic carbocycles. The van der Waals surface area contributed by atoms with Crippen LogP contribution < -0.4 is 4.90 Å². The summed E-state index contributed by atoms with van der Waals surface area (Å²) in [5.74, 6) is -0.931. The second kappa shape index (κ2) is 5.41. The van der Waals surface area contributed by atoms with E-state index in [-0.39, 0.29) is 0 Å². The zero-order valence-corrected chi connectivity index (χ0v) is 9.11. The van der Waals surface area contributed by atoms with Gasteiger partial charge in [-0.1, -0.05) is 17.7 Å². The molecular formula is C11H12ClNO2. The van der Waals surface area contributed by atoms with Gasteiger partial charge >= 0.3 is 5.97 Å². The summed E-state index contributed by atoms with van der Waals surface area (Å²) in [4.78, 5) is 12.2. The molecule has 0 saturated carbocycles. The van der Waals surface area contributed by atoms with Gasteiger partial charge in [0.25, 0.3) is 0 Å². The third-order valence-corrected chi connectivity index (χ3v) is 2.16. The number of hydrogen-bond acceptors (Lipinski definition) is 2. The van der Waals surface area contributed by atoms with E-state index in [1.54, 1.807) is 18.2 Å². The molecule has 0 radical (unpaired) electrons. The number of halogens is 1. The zero-order valence-electron chi connectivity index (χ0n) is 8.35. The second-order valence-electron chi connectivity index (χ2n) is 3.10. The number of likely N-dealkylation sites (N-methyl/N-ethyl adjacent to an activating group) is 1. The molecule has 15 heavy (non-hydrogen) atoms. The summed E-state index contributed by atoms with van der Waals surface area (Å²) in [6, 6.07) is 7.37. The van der Waals surface area contributed by atoms with Crippen LogP contribution in [0.15, 0.2) is 36.4 Å². The van der Waals surface area contributed by atoms with E-state index < -0.39 is 5.97 Å². The molecule has 0 saturated heterocycles. The highest BCUT2D eigenvalue weighted by atomic mass is 35.5. The van der Waals surface area contributed by atoms with Crippen LogP contribution in [-0.2, 0) is 4.79 Å². The average molecular weight is 226 g/mol. The Kier molecular flexibility index (Phi) is 4.18. The van der Waals surface area contributed by atoms with E-state index in [0.717, 1.165) is 11.8 Å². The Morgan fingerprint density at radius 1 is 1.47 bits per heavy atom. The zero-order chi connectivity index (χ0) is 11.3. The summed E-state index contributed by atoms with van der Waals surface area (Å²) >= 11 is 5.75. The highest BCUT2D eigenvalue weighted by Crippen LogP contribution is 2.16. The molecule has 0 amide bonds. The number of nitrogens with zero attached hydrogens (tertiary/aromatic N) is 1. The molecule has 0 unspecified atom stereocenters. The number of benzene rings is 1. The predicted octanol–water partition coefficient (Wildman–Crippen LogP) is 2.42. The van der Waals surface area contributed by atoms with E-state index >= 15 is 0 Å². The average Bonchev–Trinajstić information content (AvgIpc) is 2.18. The molecule has 1 aromatic carbocycles. The van der Waals surface area contributed by atoms with Gasteiger partial charge in [0, 0.05) is 30.4 Å². The van der Waals surface area contributed by atoms with Gasteiger partial charge in [0.2, 0.25) is 0 Å². The monoisotopic (exact) mass is 225 g/mol. The lowest BCUT2D eigenvalue weighted by Crippen LogP contribution is -2.16. The number of rotatable bonds is 4. The van der Waals surface area contributed by atoms with Crippen LogP contribution in [0.3, 0.4) is 0 Å². The van der Waals surface area contributed by atoms with E-state index in [4.69, 9.17) is 16.7 Å². The fourth-order valence-electron chi connectivity index (χ4n) is 1.11. The Balaban J connectivity index is 2.57. The van der Waals surface area contributed by atoms with Crippen molar-refractivity contribution in [3.05, 3.63) is 41.4 Å². The number of aliphatic carboxylic acids is 1. The third kappa shape index (κ3) is 4.04. The van der Waals surface area contributed by atoms with Gasteiger partial charge in [0.15, 0.2) is 0 Å². The maximum atomic E-state index is 10.2. The first kappa shape index (κ1) is 11.6. The van der Waals surface area contributed by atoms with E-state index in [1.165, 1.54) is 0 Å². The van der Waals surface area contributed by atoms with Crippen molar-refractivity contribution in [2.45, 2.75) is 0 Å². The highest BCUT2D eigenvalue weighted by molar-refractivity contribution is 6.30. The molecule has 0 aliphatic heterocycles. The topological polar surface area (TPSA) is 40.5 Å². The minimum absolute atomic E-state index is 0.550. The van der Waals surface area contributed by atoms with Crippen molar-refractivity contribution in [2.24, 2.45) is 0 Å². The number of carbonyl (C=O) groups is 1. The number of anilines is 1. The van der Waals surface area contributed by atoms with Crippen molar-refractivity contribution in [1.82, 2.24) is 0 Å². The summed E-state index contributed by atoms with van der Waals surface area (Å²) < 4.78 is 0. The highest BCUT2D eigenvalue weighted by Gasteiger charge is 1.97. The SMILES string of the molecule is CN(C/C=C/C(=O)O)c1ccc(Cl)cc1. The Labute approximate surface area is 93.6 Å². The summed E-state index contributed by atoms with van der Waals surface area (Å²) in [7, 11) is 1.88. The van der Waals surface area contributed by atoms with E-state index in [1.807, 2.05) is 24.1 Å². The summed E-state index contributed by atoms with van der Waals surface area (Å²) in [6.45, 7) is 0.550. The Morgan fingerprint density at radius 3 is 2.60 bits per heavy atom. The first-order valence-electron chi connectivity index (χ1n) is 4.46. The van der Waals surface area contributed by atoms with Gasteiger partial charge in [0.1, 0.15) is 0 Å². The summed E-state index contributed by atoms with van der Waals surface area (Å²) in [5.41, 5.74) is 0.995. The quantitative estimate of drug-likeness (QED) is 0.801. The number of carboxylic acids is 1. The summed E-state index contributed by atoms with van der Waals surface area (Å²) in [5, 5.41) is 9.10. The molecule has 0 heterocycles. The van der Waals surface area contributed by atoms with Crippen LogP contribution in [0.25, 0.3) is 0 Å². The van der Waals surface area contributed by atoms with Crippen molar-refractivity contribution in [1.29, 1.82) is 0 Å². The fourth-order valence-corrected chi connectivity index (χ4v) is 1.24. The Hall–Kier alpha value is -1.48. The molecule has 0 aromatic heterocycles. The maximum absolute atomic E-state index is 10.2. The molecule has 0 aliphatic rings. The largest absolute Gasteiger partial charge is 0.478 e. The van der Waals surface area contributed by atoms with E-state index in [9.17, 15) is 4.79 Å². The molecule has 0 spiro atoms. The first-order valence-corrected chi connectivity index (χ1v) is 4.83. The van der Waals surface area contributed by atoms with Crippen LogP contribution in [0.1, 0.15) is 0 Å². The summed E-state index contributed by atoms with van der Waals surface area (Å²) in [6.07, 6.45) is 2.73. The Morgan fingerprint density at radius 2 is 2.07 bits per heavy atom. The molecular weight excluding hydrogens is 214 g/mol. The van der Waals surface area contributed by atoms with Crippen LogP contribution in [0.2, 0.25) is 5.02 Å².